The number of fused-ring (bicyclic) bond motifs is 3. The molecule has 7 heterocycles. The molecule has 0 unspecified atom stereocenters. The summed E-state index contributed by atoms with van der Waals surface area (Å²) in [4.78, 5) is 48.8. The van der Waals surface area contributed by atoms with Gasteiger partial charge in [-0.15, -0.1) is 0 Å². The Kier molecular flexibility index (Phi) is 14.5. The second-order valence-corrected chi connectivity index (χ2v) is 17.8. The van der Waals surface area contributed by atoms with Crippen molar-refractivity contribution in [2.45, 2.75) is 52.5 Å². The molecule has 17 heteroatoms. The fourth-order valence-electron chi connectivity index (χ4n) is 8.85. The number of nitrogens with zero attached hydrogens (tertiary/aromatic N) is 14. The van der Waals surface area contributed by atoms with E-state index in [1.54, 1.807) is 42.5 Å². The number of carbonyl (C=O) groups excluding carboxylic acids is 1. The number of aldehydes is 1. The number of aromatic nitrogens is 9. The molecular weight excluding hydrogens is 899 g/mol. The van der Waals surface area contributed by atoms with E-state index in [9.17, 15) is 13.6 Å². The average Bonchev–Trinajstić information content (AvgIpc) is 4.09. The van der Waals surface area contributed by atoms with Crippen LogP contribution in [0.15, 0.2) is 110 Å². The molecule has 364 valence electrons. The SMILES string of the molecule is CCc1cc(C=O)ccc1N(C)c1cc2c(cn1)ncn2C.CCc1cc(CN2CC(F)(F)C2)ccc1N(C)c1cc2c(cn1)ncn2C.[C-]#[N+]c1ccc(N(C)c2cc3c(cn2)ncn3C)c(CC)c1. The number of hydrogen-bond donors (Lipinski definition) is 0. The largest absolute Gasteiger partial charge is 0.334 e. The Balaban J connectivity index is 0.000000144. The van der Waals surface area contributed by atoms with Crippen LogP contribution in [0, 0.1) is 6.57 Å². The summed E-state index contributed by atoms with van der Waals surface area (Å²) in [5.41, 5.74) is 14.8. The third kappa shape index (κ3) is 10.6. The van der Waals surface area contributed by atoms with Crippen LogP contribution in [0.4, 0.5) is 49.0 Å². The van der Waals surface area contributed by atoms with Gasteiger partial charge in [-0.1, -0.05) is 45.0 Å². The number of likely N-dealkylation sites (tertiary alicyclic amines) is 1. The van der Waals surface area contributed by atoms with Gasteiger partial charge in [0.15, 0.2) is 5.69 Å². The Hall–Kier alpha value is -8.10. The highest BCUT2D eigenvalue weighted by Crippen LogP contribution is 2.34. The molecule has 0 bridgehead atoms. The summed E-state index contributed by atoms with van der Waals surface area (Å²) in [5, 5.41) is 0. The van der Waals surface area contributed by atoms with Gasteiger partial charge in [-0.05, 0) is 71.8 Å². The molecule has 10 rings (SSSR count). The lowest BCUT2D eigenvalue weighted by molar-refractivity contribution is -0.133. The van der Waals surface area contributed by atoms with Gasteiger partial charge in [0, 0.05) is 89.7 Å². The topological polar surface area (TPSA) is 127 Å². The molecule has 15 nitrogen and oxygen atoms in total. The first kappa shape index (κ1) is 49.3. The zero-order chi connectivity index (χ0) is 50.6. The molecule has 3 aromatic carbocycles. The number of pyridine rings is 3. The fraction of sp³-hybridized carbons (Fsp3) is 0.296. The van der Waals surface area contributed by atoms with Crippen molar-refractivity contribution in [3.63, 3.8) is 0 Å². The molecule has 0 radical (unpaired) electrons. The summed E-state index contributed by atoms with van der Waals surface area (Å²) in [6.07, 6.45) is 14.2. The Labute approximate surface area is 412 Å². The molecule has 0 spiro atoms. The minimum atomic E-state index is -2.52. The lowest BCUT2D eigenvalue weighted by Gasteiger charge is -2.38. The smallest absolute Gasteiger partial charge is 0.272 e. The van der Waals surface area contributed by atoms with Crippen LogP contribution in [0.3, 0.4) is 0 Å². The molecule has 1 fully saturated rings. The summed E-state index contributed by atoms with van der Waals surface area (Å²) in [6, 6.07) is 23.8. The summed E-state index contributed by atoms with van der Waals surface area (Å²) in [7, 11) is 11.9. The summed E-state index contributed by atoms with van der Waals surface area (Å²) in [5.74, 6) is 0.0334. The highest BCUT2D eigenvalue weighted by Gasteiger charge is 2.43. The Morgan fingerprint density at radius 1 is 0.592 bits per heavy atom. The molecule has 0 aliphatic carbocycles. The number of rotatable bonds is 12. The van der Waals surface area contributed by atoms with E-state index in [1.165, 1.54) is 5.56 Å². The zero-order valence-corrected chi connectivity index (χ0v) is 41.6. The first-order valence-electron chi connectivity index (χ1n) is 23.5. The normalized spacial score (nSPS) is 12.9. The van der Waals surface area contributed by atoms with Gasteiger partial charge in [0.2, 0.25) is 0 Å². The number of hydrogen-bond acceptors (Lipinski definition) is 11. The van der Waals surface area contributed by atoms with Gasteiger partial charge in [-0.2, -0.15) is 0 Å². The third-order valence-electron chi connectivity index (χ3n) is 12.9. The van der Waals surface area contributed by atoms with Crippen molar-refractivity contribution in [1.82, 2.24) is 48.5 Å². The quantitative estimate of drug-likeness (QED) is 0.0858. The van der Waals surface area contributed by atoms with Crippen LogP contribution in [-0.4, -0.2) is 94.9 Å². The first-order valence-corrected chi connectivity index (χ1v) is 23.5. The van der Waals surface area contributed by atoms with Gasteiger partial charge in [0.25, 0.3) is 5.92 Å². The molecule has 0 N–H and O–H groups in total. The predicted octanol–water partition coefficient (Wildman–Crippen LogP) is 10.7. The van der Waals surface area contributed by atoms with E-state index in [-0.39, 0.29) is 13.1 Å². The molecule has 0 amide bonds. The number of alkyl halides is 2. The Bertz CT molecular complexity index is 3400. The molecule has 0 saturated carbocycles. The second-order valence-electron chi connectivity index (χ2n) is 17.8. The van der Waals surface area contributed by atoms with E-state index in [1.807, 2.05) is 122 Å². The lowest BCUT2D eigenvalue weighted by Crippen LogP contribution is -2.55. The minimum absolute atomic E-state index is 0.148. The van der Waals surface area contributed by atoms with Crippen LogP contribution in [-0.2, 0) is 47.0 Å². The monoisotopic (exact) mass is 956 g/mol. The number of aryl methyl sites for hydroxylation is 6. The van der Waals surface area contributed by atoms with Crippen molar-refractivity contribution < 1.29 is 13.6 Å². The van der Waals surface area contributed by atoms with Crippen LogP contribution < -0.4 is 14.7 Å². The van der Waals surface area contributed by atoms with Crippen molar-refractivity contribution in [2.24, 2.45) is 21.1 Å². The lowest BCUT2D eigenvalue weighted by atomic mass is 10.0. The highest BCUT2D eigenvalue weighted by atomic mass is 19.3. The van der Waals surface area contributed by atoms with E-state index in [2.05, 4.69) is 77.5 Å². The van der Waals surface area contributed by atoms with Crippen LogP contribution in [0.5, 0.6) is 0 Å². The molecule has 0 atom stereocenters. The van der Waals surface area contributed by atoms with Gasteiger partial charge in [0.1, 0.15) is 40.3 Å². The van der Waals surface area contributed by atoms with Crippen molar-refractivity contribution in [2.75, 3.05) is 48.9 Å². The molecular formula is C54H58F2N14O. The highest BCUT2D eigenvalue weighted by molar-refractivity contribution is 5.82. The maximum atomic E-state index is 13.0. The van der Waals surface area contributed by atoms with E-state index < -0.39 is 5.92 Å². The fourth-order valence-corrected chi connectivity index (χ4v) is 8.85. The van der Waals surface area contributed by atoms with Gasteiger partial charge in [0.05, 0.1) is 73.8 Å². The molecule has 1 aliphatic rings. The van der Waals surface area contributed by atoms with E-state index >= 15 is 0 Å². The van der Waals surface area contributed by atoms with Crippen molar-refractivity contribution in [3.05, 3.63) is 150 Å². The van der Waals surface area contributed by atoms with Gasteiger partial charge in [-0.3, -0.25) is 9.69 Å². The maximum Gasteiger partial charge on any atom is 0.272 e. The van der Waals surface area contributed by atoms with Crippen LogP contribution >= 0.6 is 0 Å². The van der Waals surface area contributed by atoms with Crippen molar-refractivity contribution >= 4 is 79.6 Å². The molecule has 1 saturated heterocycles. The first-order chi connectivity index (χ1) is 34.1. The van der Waals surface area contributed by atoms with E-state index in [4.69, 9.17) is 6.57 Å². The molecule has 71 heavy (non-hydrogen) atoms. The van der Waals surface area contributed by atoms with E-state index in [0.29, 0.717) is 17.8 Å². The maximum absolute atomic E-state index is 13.0. The predicted molar refractivity (Wildman–Crippen MR) is 279 cm³/mol. The van der Waals surface area contributed by atoms with Gasteiger partial charge >= 0.3 is 0 Å². The second kappa shape index (κ2) is 20.9. The Morgan fingerprint density at radius 3 is 1.41 bits per heavy atom. The number of imidazole rings is 3. The zero-order valence-electron chi connectivity index (χ0n) is 41.6. The van der Waals surface area contributed by atoms with Gasteiger partial charge < -0.3 is 28.4 Å². The minimum Gasteiger partial charge on any atom is -0.334 e. The summed E-state index contributed by atoms with van der Waals surface area (Å²) in [6.45, 7) is 13.7. The van der Waals surface area contributed by atoms with Crippen LogP contribution in [0.2, 0.25) is 0 Å². The van der Waals surface area contributed by atoms with Crippen molar-refractivity contribution in [1.29, 1.82) is 0 Å². The van der Waals surface area contributed by atoms with Crippen molar-refractivity contribution in [3.8, 4) is 0 Å². The molecule has 6 aromatic heterocycles. The molecule has 1 aliphatic heterocycles. The number of carbonyl (C=O) groups is 1. The standard InChI is InChI=1S/C20H23F2N5.C17H17N5.C17H18N4O/c1-4-15-7-14(10-27-11-20(21,22)12-27)5-6-17(15)26(3)19-8-18-16(9-23-19)24-13-25(18)2;1-5-12-8-13(18-2)6-7-15(12)22(4)17-9-16-14(10-19-17)20-11-21(16)3;1-4-13-7-12(10-22)5-6-15(13)21(3)17-8-16-14(9-18-17)19-11-20(16)2/h5-9,13H,4,10-12H2,1-3H3;6-11H,5H2,1,3-4H3;5-11H,4H2,1-3H3. The number of benzene rings is 3. The van der Waals surface area contributed by atoms with Crippen LogP contribution in [0.1, 0.15) is 53.4 Å². The number of anilines is 6. The van der Waals surface area contributed by atoms with Gasteiger partial charge in [-0.25, -0.2) is 43.5 Å². The number of halogens is 2. The van der Waals surface area contributed by atoms with E-state index in [0.717, 1.165) is 110 Å². The summed E-state index contributed by atoms with van der Waals surface area (Å²) >= 11 is 0. The third-order valence-corrected chi connectivity index (χ3v) is 12.9. The van der Waals surface area contributed by atoms with Crippen LogP contribution in [0.25, 0.3) is 37.9 Å². The summed E-state index contributed by atoms with van der Waals surface area (Å²) < 4.78 is 32.0. The Morgan fingerprint density at radius 2 is 1.00 bits per heavy atom. The average molecular weight is 957 g/mol. The molecule has 9 aromatic rings.